The van der Waals surface area contributed by atoms with Crippen molar-refractivity contribution in [2.24, 2.45) is 0 Å². The first kappa shape index (κ1) is 12.7. The molecule has 0 aliphatic carbocycles. The van der Waals surface area contributed by atoms with Crippen molar-refractivity contribution in [2.75, 3.05) is 6.61 Å². The third kappa shape index (κ3) is 2.28. The van der Waals surface area contributed by atoms with Gasteiger partial charge in [-0.25, -0.2) is 0 Å². The van der Waals surface area contributed by atoms with Crippen molar-refractivity contribution in [1.82, 2.24) is 0 Å². The number of carbonyl (C=O) groups excluding carboxylic acids is 1. The molecule has 0 saturated carbocycles. The molecule has 1 aliphatic heterocycles. The first-order valence-electron chi connectivity index (χ1n) is 5.91. The number of halogens is 2. The number of ether oxygens (including phenoxy) is 1. The summed E-state index contributed by atoms with van der Waals surface area (Å²) in [6.45, 7) is 0.633. The van der Waals surface area contributed by atoms with Gasteiger partial charge in [-0.05, 0) is 29.8 Å². The second-order valence-electron chi connectivity index (χ2n) is 4.35. The normalized spacial score (nSPS) is 12.9. The van der Waals surface area contributed by atoms with Crippen molar-refractivity contribution in [3.63, 3.8) is 0 Å². The van der Waals surface area contributed by atoms with Crippen LogP contribution in [0, 0.1) is 0 Å². The van der Waals surface area contributed by atoms with Crippen LogP contribution in [0.2, 0.25) is 5.02 Å². The van der Waals surface area contributed by atoms with Gasteiger partial charge in [-0.1, -0.05) is 39.7 Å². The van der Waals surface area contributed by atoms with Crippen LogP contribution in [0.1, 0.15) is 21.5 Å². The van der Waals surface area contributed by atoms with Crippen LogP contribution in [0.4, 0.5) is 0 Å². The Balaban J connectivity index is 2.08. The number of ketones is 1. The molecule has 0 bridgehead atoms. The summed E-state index contributed by atoms with van der Waals surface area (Å²) >= 11 is 9.46. The topological polar surface area (TPSA) is 26.3 Å². The lowest BCUT2D eigenvalue weighted by atomic mass is 10.00. The van der Waals surface area contributed by atoms with Crippen molar-refractivity contribution in [3.8, 4) is 5.75 Å². The highest BCUT2D eigenvalue weighted by Crippen LogP contribution is 2.32. The molecule has 19 heavy (non-hydrogen) atoms. The first-order valence-corrected chi connectivity index (χ1v) is 7.08. The van der Waals surface area contributed by atoms with Gasteiger partial charge < -0.3 is 4.74 Å². The number of hydrogen-bond donors (Lipinski definition) is 0. The van der Waals surface area contributed by atoms with E-state index in [9.17, 15) is 4.79 Å². The summed E-state index contributed by atoms with van der Waals surface area (Å²) in [7, 11) is 0. The number of rotatable bonds is 2. The SMILES string of the molecule is O=C(c1ccc(Br)cc1Cl)c1cccc2c1OCC2. The predicted octanol–water partition coefficient (Wildman–Crippen LogP) is 4.27. The summed E-state index contributed by atoms with van der Waals surface area (Å²) in [6.07, 6.45) is 0.852. The van der Waals surface area contributed by atoms with Crippen molar-refractivity contribution < 1.29 is 9.53 Å². The van der Waals surface area contributed by atoms with Gasteiger partial charge in [0, 0.05) is 16.5 Å². The highest BCUT2D eigenvalue weighted by molar-refractivity contribution is 9.10. The van der Waals surface area contributed by atoms with E-state index in [0.717, 1.165) is 16.5 Å². The Bertz CT molecular complexity index is 667. The smallest absolute Gasteiger partial charge is 0.198 e. The average Bonchev–Trinajstić information content (AvgIpc) is 2.86. The molecule has 0 fully saturated rings. The van der Waals surface area contributed by atoms with E-state index in [0.29, 0.717) is 28.5 Å². The van der Waals surface area contributed by atoms with E-state index in [1.165, 1.54) is 0 Å². The molecule has 0 unspecified atom stereocenters. The van der Waals surface area contributed by atoms with Crippen LogP contribution in [0.15, 0.2) is 40.9 Å². The Morgan fingerprint density at radius 3 is 2.84 bits per heavy atom. The summed E-state index contributed by atoms with van der Waals surface area (Å²) in [4.78, 5) is 12.6. The predicted molar refractivity (Wildman–Crippen MR) is 78.2 cm³/mol. The van der Waals surface area contributed by atoms with Gasteiger partial charge in [0.1, 0.15) is 5.75 Å². The zero-order chi connectivity index (χ0) is 13.4. The van der Waals surface area contributed by atoms with Gasteiger partial charge in [0.2, 0.25) is 0 Å². The minimum Gasteiger partial charge on any atom is -0.492 e. The van der Waals surface area contributed by atoms with Crippen molar-refractivity contribution in [1.29, 1.82) is 0 Å². The Hall–Kier alpha value is -1.32. The highest BCUT2D eigenvalue weighted by Gasteiger charge is 2.22. The molecule has 0 aromatic heterocycles. The van der Waals surface area contributed by atoms with Crippen LogP contribution in [-0.4, -0.2) is 12.4 Å². The number of fused-ring (bicyclic) bond motifs is 1. The molecular formula is C15H10BrClO2. The maximum atomic E-state index is 12.6. The van der Waals surface area contributed by atoms with E-state index >= 15 is 0 Å². The molecule has 0 radical (unpaired) electrons. The zero-order valence-corrected chi connectivity index (χ0v) is 12.3. The minimum atomic E-state index is -0.101. The van der Waals surface area contributed by atoms with E-state index in [1.807, 2.05) is 18.2 Å². The molecule has 4 heteroatoms. The molecule has 0 amide bonds. The van der Waals surface area contributed by atoms with Crippen LogP contribution in [0.3, 0.4) is 0 Å². The molecule has 0 N–H and O–H groups in total. The fraction of sp³-hybridized carbons (Fsp3) is 0.133. The number of hydrogen-bond acceptors (Lipinski definition) is 2. The summed E-state index contributed by atoms with van der Waals surface area (Å²) in [6, 6.07) is 10.9. The summed E-state index contributed by atoms with van der Waals surface area (Å²) < 4.78 is 6.41. The van der Waals surface area contributed by atoms with Crippen LogP contribution in [0.25, 0.3) is 0 Å². The van der Waals surface area contributed by atoms with Crippen LogP contribution >= 0.6 is 27.5 Å². The average molecular weight is 338 g/mol. The zero-order valence-electron chi connectivity index (χ0n) is 9.95. The summed E-state index contributed by atoms with van der Waals surface area (Å²) in [5, 5.41) is 0.440. The van der Waals surface area contributed by atoms with Crippen LogP contribution in [-0.2, 0) is 6.42 Å². The second kappa shape index (κ2) is 4.99. The highest BCUT2D eigenvalue weighted by atomic mass is 79.9. The van der Waals surface area contributed by atoms with Gasteiger partial charge >= 0.3 is 0 Å². The third-order valence-corrected chi connectivity index (χ3v) is 3.94. The Kier molecular flexibility index (Phi) is 3.33. The Morgan fingerprint density at radius 1 is 1.21 bits per heavy atom. The quantitative estimate of drug-likeness (QED) is 0.765. The molecule has 1 aliphatic rings. The van der Waals surface area contributed by atoms with Gasteiger partial charge in [-0.2, -0.15) is 0 Å². The van der Waals surface area contributed by atoms with E-state index in [2.05, 4.69) is 15.9 Å². The molecule has 0 atom stereocenters. The van der Waals surface area contributed by atoms with Gasteiger partial charge in [0.15, 0.2) is 5.78 Å². The van der Waals surface area contributed by atoms with Gasteiger partial charge in [-0.15, -0.1) is 0 Å². The first-order chi connectivity index (χ1) is 9.16. The molecule has 0 spiro atoms. The Morgan fingerprint density at radius 2 is 2.05 bits per heavy atom. The van der Waals surface area contributed by atoms with Gasteiger partial charge in [0.05, 0.1) is 17.2 Å². The van der Waals surface area contributed by atoms with Gasteiger partial charge in [0.25, 0.3) is 0 Å². The molecule has 0 saturated heterocycles. The monoisotopic (exact) mass is 336 g/mol. The van der Waals surface area contributed by atoms with Crippen molar-refractivity contribution in [2.45, 2.75) is 6.42 Å². The second-order valence-corrected chi connectivity index (χ2v) is 5.67. The molecule has 3 rings (SSSR count). The number of para-hydroxylation sites is 1. The van der Waals surface area contributed by atoms with E-state index < -0.39 is 0 Å². The lowest BCUT2D eigenvalue weighted by molar-refractivity contribution is 0.103. The van der Waals surface area contributed by atoms with Crippen LogP contribution in [0.5, 0.6) is 5.75 Å². The lowest BCUT2D eigenvalue weighted by Crippen LogP contribution is -2.04. The largest absolute Gasteiger partial charge is 0.492 e. The fourth-order valence-corrected chi connectivity index (χ4v) is 2.97. The number of benzene rings is 2. The standard InChI is InChI=1S/C15H10BrClO2/c16-10-4-5-11(13(17)8-10)14(18)12-3-1-2-9-6-7-19-15(9)12/h1-5,8H,6-7H2. The van der Waals surface area contributed by atoms with Crippen molar-refractivity contribution in [3.05, 3.63) is 62.6 Å². The maximum Gasteiger partial charge on any atom is 0.198 e. The van der Waals surface area contributed by atoms with Gasteiger partial charge in [-0.3, -0.25) is 4.79 Å². The molecule has 96 valence electrons. The minimum absolute atomic E-state index is 0.101. The molecular weight excluding hydrogens is 328 g/mol. The lowest BCUT2D eigenvalue weighted by Gasteiger charge is -2.08. The molecule has 2 aromatic rings. The van der Waals surface area contributed by atoms with Crippen LogP contribution < -0.4 is 4.74 Å². The third-order valence-electron chi connectivity index (χ3n) is 3.13. The molecule has 2 nitrogen and oxygen atoms in total. The number of carbonyl (C=O) groups is 1. The summed E-state index contributed by atoms with van der Waals surface area (Å²) in [5.41, 5.74) is 2.16. The maximum absolute atomic E-state index is 12.6. The molecule has 1 heterocycles. The summed E-state index contributed by atoms with van der Waals surface area (Å²) in [5.74, 6) is 0.600. The molecule has 2 aromatic carbocycles. The Labute approximate surface area is 124 Å². The van der Waals surface area contributed by atoms with Crippen molar-refractivity contribution >= 4 is 33.3 Å². The van der Waals surface area contributed by atoms with E-state index in [1.54, 1.807) is 18.2 Å². The van der Waals surface area contributed by atoms with E-state index in [4.69, 9.17) is 16.3 Å². The fourth-order valence-electron chi connectivity index (χ4n) is 2.21. The van der Waals surface area contributed by atoms with E-state index in [-0.39, 0.29) is 5.78 Å².